The molecule has 0 saturated heterocycles. The molecule has 3 aromatic rings. The number of hydrogen-bond donors (Lipinski definition) is 4. The largest absolute Gasteiger partial charge is 0.462 e. The van der Waals surface area contributed by atoms with E-state index < -0.39 is 36.2 Å². The van der Waals surface area contributed by atoms with E-state index in [1.54, 1.807) is 0 Å². The highest BCUT2D eigenvalue weighted by molar-refractivity contribution is 5.88. The fourth-order valence-electron chi connectivity index (χ4n) is 5.73. The van der Waals surface area contributed by atoms with Gasteiger partial charge >= 0.3 is 12.1 Å². The minimum absolute atomic E-state index is 0. The number of esters is 1. The number of ether oxygens (including phenoxy) is 4. The number of nitrogens with two attached hydrogens (primary N) is 1. The van der Waals surface area contributed by atoms with E-state index in [0.717, 1.165) is 27.8 Å². The lowest BCUT2D eigenvalue weighted by atomic mass is 9.98. The first kappa shape index (κ1) is 39.4. The number of halogens is 1. The number of benzene rings is 3. The van der Waals surface area contributed by atoms with Crippen LogP contribution in [0.25, 0.3) is 11.1 Å². The molecule has 0 fully saturated rings. The molecular formula is C37H48ClN3O8. The molecule has 0 radical (unpaired) electrons. The minimum atomic E-state index is -1.69. The summed E-state index contributed by atoms with van der Waals surface area (Å²) < 4.78 is 21.7. The van der Waals surface area contributed by atoms with Crippen molar-refractivity contribution in [3.05, 3.63) is 95.6 Å². The van der Waals surface area contributed by atoms with Gasteiger partial charge in [-0.1, -0.05) is 92.7 Å². The number of fused-ring (bicyclic) bond motifs is 3. The second kappa shape index (κ2) is 20.5. The Labute approximate surface area is 294 Å². The fourth-order valence-corrected chi connectivity index (χ4v) is 5.73. The van der Waals surface area contributed by atoms with E-state index in [0.29, 0.717) is 26.4 Å². The molecule has 12 heteroatoms. The topological polar surface area (TPSA) is 158 Å². The molecule has 11 nitrogen and oxygen atoms in total. The van der Waals surface area contributed by atoms with Gasteiger partial charge in [0.1, 0.15) is 19.3 Å². The molecule has 266 valence electrons. The van der Waals surface area contributed by atoms with Gasteiger partial charge in [-0.25, -0.2) is 9.59 Å². The van der Waals surface area contributed by atoms with Crippen LogP contribution in [0.2, 0.25) is 0 Å². The molecule has 3 aromatic carbocycles. The highest BCUT2D eigenvalue weighted by Crippen LogP contribution is 2.44. The first-order chi connectivity index (χ1) is 23.3. The van der Waals surface area contributed by atoms with Crippen LogP contribution in [-0.4, -0.2) is 87.4 Å². The van der Waals surface area contributed by atoms with Gasteiger partial charge in [-0.05, 0) is 46.6 Å². The number of aliphatic hydroxyl groups is 1. The van der Waals surface area contributed by atoms with Crippen LogP contribution >= 0.6 is 12.4 Å². The number of carbonyl (C=O) groups excluding carboxylic acids is 3. The predicted molar refractivity (Wildman–Crippen MR) is 188 cm³/mol. The predicted octanol–water partition coefficient (Wildman–Crippen LogP) is 3.99. The third-order valence-corrected chi connectivity index (χ3v) is 8.01. The molecule has 0 heterocycles. The Morgan fingerprint density at radius 2 is 1.35 bits per heavy atom. The van der Waals surface area contributed by atoms with Crippen molar-refractivity contribution < 1.29 is 38.4 Å². The SMILES string of the molecule is CC(C)CC(NC(=O)C(O)C(Cc1ccccc1)NC(=O)OCC1c2ccccc2-c2ccccc21)C(=O)OCCOCCOCCN.Cl. The average molecular weight is 698 g/mol. The Morgan fingerprint density at radius 3 is 1.96 bits per heavy atom. The summed E-state index contributed by atoms with van der Waals surface area (Å²) in [6, 6.07) is 23.2. The van der Waals surface area contributed by atoms with Gasteiger partial charge in [0.05, 0.1) is 32.5 Å². The molecule has 0 spiro atoms. The normalized spacial score (nSPS) is 13.7. The summed E-state index contributed by atoms with van der Waals surface area (Å²) in [5.74, 6) is -1.57. The molecule has 1 aliphatic rings. The van der Waals surface area contributed by atoms with Crippen molar-refractivity contribution in [1.82, 2.24) is 10.6 Å². The van der Waals surface area contributed by atoms with Crippen molar-refractivity contribution in [3.8, 4) is 11.1 Å². The Kier molecular flexibility index (Phi) is 16.5. The van der Waals surface area contributed by atoms with E-state index >= 15 is 0 Å². The van der Waals surface area contributed by atoms with Gasteiger partial charge in [-0.2, -0.15) is 0 Å². The lowest BCUT2D eigenvalue weighted by Crippen LogP contribution is -2.55. The Bertz CT molecular complexity index is 1430. The van der Waals surface area contributed by atoms with Gasteiger partial charge in [0.2, 0.25) is 0 Å². The lowest BCUT2D eigenvalue weighted by Gasteiger charge is -2.26. The van der Waals surface area contributed by atoms with Crippen molar-refractivity contribution in [2.24, 2.45) is 11.7 Å². The van der Waals surface area contributed by atoms with Gasteiger partial charge in [-0.3, -0.25) is 4.79 Å². The molecule has 3 unspecified atom stereocenters. The van der Waals surface area contributed by atoms with Crippen molar-refractivity contribution in [3.63, 3.8) is 0 Å². The van der Waals surface area contributed by atoms with Gasteiger partial charge < -0.3 is 40.4 Å². The van der Waals surface area contributed by atoms with Crippen LogP contribution in [0.3, 0.4) is 0 Å². The summed E-state index contributed by atoms with van der Waals surface area (Å²) in [5, 5.41) is 16.6. The summed E-state index contributed by atoms with van der Waals surface area (Å²) in [6.45, 7) is 5.61. The molecular weight excluding hydrogens is 650 g/mol. The quantitative estimate of drug-likeness (QED) is 0.107. The fraction of sp³-hybridized carbons (Fsp3) is 0.432. The maximum absolute atomic E-state index is 13.4. The van der Waals surface area contributed by atoms with E-state index in [2.05, 4.69) is 22.8 Å². The van der Waals surface area contributed by atoms with E-state index in [4.69, 9.17) is 24.7 Å². The van der Waals surface area contributed by atoms with Crippen molar-refractivity contribution in [2.45, 2.75) is 50.8 Å². The number of alkyl carbamates (subject to hydrolysis) is 1. The Hall–Kier alpha value is -4.00. The molecule has 0 aromatic heterocycles. The smallest absolute Gasteiger partial charge is 0.407 e. The van der Waals surface area contributed by atoms with E-state index in [-0.39, 0.29) is 56.9 Å². The highest BCUT2D eigenvalue weighted by atomic mass is 35.5. The van der Waals surface area contributed by atoms with E-state index in [9.17, 15) is 19.5 Å². The molecule has 3 atom stereocenters. The van der Waals surface area contributed by atoms with Crippen LogP contribution < -0.4 is 16.4 Å². The monoisotopic (exact) mass is 697 g/mol. The molecule has 0 aliphatic heterocycles. The van der Waals surface area contributed by atoms with Crippen LogP contribution in [0.1, 0.15) is 42.9 Å². The van der Waals surface area contributed by atoms with Crippen molar-refractivity contribution >= 4 is 30.4 Å². The van der Waals surface area contributed by atoms with Gasteiger partial charge in [0.15, 0.2) is 6.10 Å². The summed E-state index contributed by atoms with van der Waals surface area (Å²) >= 11 is 0. The number of hydrogen-bond acceptors (Lipinski definition) is 9. The second-order valence-electron chi connectivity index (χ2n) is 12.1. The summed E-state index contributed by atoms with van der Waals surface area (Å²) in [6.07, 6.45) is -2.03. The van der Waals surface area contributed by atoms with Gasteiger partial charge in [-0.15, -0.1) is 12.4 Å². The molecule has 1 aliphatic carbocycles. The number of nitrogens with one attached hydrogen (secondary N) is 2. The molecule has 2 amide bonds. The van der Waals surface area contributed by atoms with Gasteiger partial charge in [0, 0.05) is 12.5 Å². The van der Waals surface area contributed by atoms with E-state index in [1.165, 1.54) is 0 Å². The summed E-state index contributed by atoms with van der Waals surface area (Å²) in [5.41, 5.74) is 10.5. The van der Waals surface area contributed by atoms with Crippen LogP contribution in [0, 0.1) is 5.92 Å². The van der Waals surface area contributed by atoms with Crippen molar-refractivity contribution in [2.75, 3.05) is 46.2 Å². The third-order valence-electron chi connectivity index (χ3n) is 8.01. The first-order valence-electron chi connectivity index (χ1n) is 16.4. The molecule has 0 bridgehead atoms. The van der Waals surface area contributed by atoms with Crippen LogP contribution in [0.4, 0.5) is 4.79 Å². The molecule has 49 heavy (non-hydrogen) atoms. The first-order valence-corrected chi connectivity index (χ1v) is 16.4. The maximum Gasteiger partial charge on any atom is 0.407 e. The standard InChI is InChI=1S/C37H47N3O8.ClH/c1-25(2)22-33(36(43)47-21-20-46-19-18-45-17-16-38)39-35(42)34(41)32(23-26-10-4-3-5-11-26)40-37(44)48-24-31-29-14-8-6-12-27(29)28-13-7-9-15-30(28)31;/h3-15,25,31-34,41H,16-24,38H2,1-2H3,(H,39,42)(H,40,44);1H. The second-order valence-corrected chi connectivity index (χ2v) is 12.1. The van der Waals surface area contributed by atoms with Crippen molar-refractivity contribution in [1.29, 1.82) is 0 Å². The number of rotatable bonds is 19. The van der Waals surface area contributed by atoms with E-state index in [1.807, 2.05) is 80.6 Å². The summed E-state index contributed by atoms with van der Waals surface area (Å²) in [7, 11) is 0. The zero-order valence-electron chi connectivity index (χ0n) is 28.0. The molecule has 5 N–H and O–H groups in total. The number of amides is 2. The molecule has 4 rings (SSSR count). The number of aliphatic hydroxyl groups excluding tert-OH is 1. The highest BCUT2D eigenvalue weighted by Gasteiger charge is 2.33. The number of carbonyl (C=O) groups is 3. The zero-order valence-corrected chi connectivity index (χ0v) is 28.9. The van der Waals surface area contributed by atoms with Gasteiger partial charge in [0.25, 0.3) is 5.91 Å². The summed E-state index contributed by atoms with van der Waals surface area (Å²) in [4.78, 5) is 39.5. The Balaban J connectivity index is 0.00000650. The minimum Gasteiger partial charge on any atom is -0.462 e. The lowest BCUT2D eigenvalue weighted by molar-refractivity contribution is -0.151. The Morgan fingerprint density at radius 1 is 0.776 bits per heavy atom. The maximum atomic E-state index is 13.4. The van der Waals surface area contributed by atoms with Crippen LogP contribution in [0.5, 0.6) is 0 Å². The average Bonchev–Trinajstić information content (AvgIpc) is 3.41. The molecule has 0 saturated carbocycles. The third kappa shape index (κ3) is 11.8. The zero-order chi connectivity index (χ0) is 34.3. The van der Waals surface area contributed by atoms with Crippen LogP contribution in [0.15, 0.2) is 78.9 Å². The van der Waals surface area contributed by atoms with Crippen LogP contribution in [-0.2, 0) is 35.0 Å².